The van der Waals surface area contributed by atoms with Crippen LogP contribution in [0.5, 0.6) is 5.88 Å². The van der Waals surface area contributed by atoms with E-state index in [9.17, 15) is 34.2 Å². The maximum Gasteiger partial charge on any atom is 0.409 e. The zero-order valence-corrected chi connectivity index (χ0v) is 21.6. The first-order chi connectivity index (χ1) is 18.6. The Morgan fingerprint density at radius 1 is 1.03 bits per heavy atom. The summed E-state index contributed by atoms with van der Waals surface area (Å²) in [5.41, 5.74) is 0.341. The molecule has 0 spiro atoms. The number of aliphatic carboxylic acids is 2. The van der Waals surface area contributed by atoms with Gasteiger partial charge >= 0.3 is 18.0 Å². The van der Waals surface area contributed by atoms with Crippen LogP contribution in [0.15, 0.2) is 36.4 Å². The fourth-order valence-electron chi connectivity index (χ4n) is 3.85. The lowest BCUT2D eigenvalue weighted by atomic mass is 10.1. The van der Waals surface area contributed by atoms with Gasteiger partial charge in [-0.25, -0.2) is 14.3 Å². The van der Waals surface area contributed by atoms with E-state index >= 15 is 0 Å². The van der Waals surface area contributed by atoms with Crippen molar-refractivity contribution in [3.05, 3.63) is 42.1 Å². The van der Waals surface area contributed by atoms with Crippen LogP contribution in [0.3, 0.4) is 0 Å². The van der Waals surface area contributed by atoms with E-state index in [0.717, 1.165) is 0 Å². The number of nitrogens with zero attached hydrogens (tertiary/aromatic N) is 4. The summed E-state index contributed by atoms with van der Waals surface area (Å²) >= 11 is 0. The number of piperazine rings is 1. The largest absolute Gasteiger partial charge is 0.481 e. The van der Waals surface area contributed by atoms with Crippen LogP contribution in [0.25, 0.3) is 5.69 Å². The fraction of sp³-hybridized carbons (Fsp3) is 0.440. The lowest BCUT2D eigenvalue weighted by Crippen LogP contribution is -2.56. The lowest BCUT2D eigenvalue weighted by molar-refractivity contribution is -0.144. The maximum atomic E-state index is 13.3. The molecule has 3 amide bonds. The minimum Gasteiger partial charge on any atom is -0.481 e. The second kappa shape index (κ2) is 13.3. The predicted octanol–water partition coefficient (Wildman–Crippen LogP) is 0.988. The second-order valence-corrected chi connectivity index (χ2v) is 8.68. The SMILES string of the molecule is CCOC(=O)N1CCN(C(=O)C(CCC(=O)O)NC(=O)c2cc(OC(C)C(=O)O)n(-c3ccccc3)n2)CC1. The molecular weight excluding hydrogens is 514 g/mol. The standard InChI is InChI=1S/C25H31N5O9/c1-3-38-25(37)29-13-11-28(12-14-29)23(34)18(9-10-21(31)32)26-22(33)19-15-20(39-16(2)24(35)36)30(27-19)17-7-5-4-6-8-17/h4-8,15-16,18H,3,9-14H2,1-2H3,(H,26,33)(H,31,32)(H,35,36). The summed E-state index contributed by atoms with van der Waals surface area (Å²) in [6.45, 7) is 4.08. The smallest absolute Gasteiger partial charge is 0.409 e. The van der Waals surface area contributed by atoms with Gasteiger partial charge in [-0.1, -0.05) is 18.2 Å². The van der Waals surface area contributed by atoms with E-state index in [0.29, 0.717) is 5.69 Å². The van der Waals surface area contributed by atoms with Crippen molar-refractivity contribution in [2.75, 3.05) is 32.8 Å². The number of rotatable bonds is 11. The van der Waals surface area contributed by atoms with Crippen LogP contribution in [0.1, 0.15) is 37.2 Å². The highest BCUT2D eigenvalue weighted by Crippen LogP contribution is 2.21. The Labute approximate surface area is 224 Å². The number of benzene rings is 1. The summed E-state index contributed by atoms with van der Waals surface area (Å²) < 4.78 is 11.7. The number of ether oxygens (including phenoxy) is 2. The molecule has 210 valence electrons. The molecule has 3 N–H and O–H groups in total. The number of hydrogen-bond donors (Lipinski definition) is 3. The van der Waals surface area contributed by atoms with Crippen LogP contribution in [0, 0.1) is 0 Å². The van der Waals surface area contributed by atoms with E-state index in [1.807, 2.05) is 0 Å². The summed E-state index contributed by atoms with van der Waals surface area (Å²) in [7, 11) is 0. The lowest BCUT2D eigenvalue weighted by Gasteiger charge is -2.35. The van der Waals surface area contributed by atoms with Crippen molar-refractivity contribution in [3.8, 4) is 11.6 Å². The summed E-state index contributed by atoms with van der Waals surface area (Å²) in [6.07, 6.45) is -2.26. The molecule has 3 rings (SSSR count). The highest BCUT2D eigenvalue weighted by Gasteiger charge is 2.32. The van der Waals surface area contributed by atoms with Crippen molar-refractivity contribution >= 4 is 29.8 Å². The van der Waals surface area contributed by atoms with Gasteiger partial charge in [-0.3, -0.25) is 14.4 Å². The Bertz CT molecular complexity index is 1190. The molecule has 14 nitrogen and oxygen atoms in total. The number of para-hydroxylation sites is 1. The van der Waals surface area contributed by atoms with Gasteiger partial charge in [0.05, 0.1) is 12.3 Å². The summed E-state index contributed by atoms with van der Waals surface area (Å²) in [6, 6.07) is 8.66. The summed E-state index contributed by atoms with van der Waals surface area (Å²) in [5, 5.41) is 25.2. The summed E-state index contributed by atoms with van der Waals surface area (Å²) in [5.74, 6) is -3.63. The Morgan fingerprint density at radius 2 is 1.67 bits per heavy atom. The average molecular weight is 546 g/mol. The molecule has 2 atom stereocenters. The van der Waals surface area contributed by atoms with E-state index in [-0.39, 0.29) is 57.2 Å². The Kier molecular flexibility index (Phi) is 9.84. The molecular formula is C25H31N5O9. The van der Waals surface area contributed by atoms with Crippen LogP contribution in [0.4, 0.5) is 4.79 Å². The van der Waals surface area contributed by atoms with Gasteiger partial charge in [0.1, 0.15) is 6.04 Å². The highest BCUT2D eigenvalue weighted by atomic mass is 16.6. The number of carboxylic acids is 2. The van der Waals surface area contributed by atoms with Gasteiger partial charge in [0.2, 0.25) is 11.8 Å². The quantitative estimate of drug-likeness (QED) is 0.368. The molecule has 0 saturated carbocycles. The molecule has 0 bridgehead atoms. The monoisotopic (exact) mass is 545 g/mol. The normalized spacial score (nSPS) is 14.7. The number of carboxylic acid groups (broad SMARTS) is 2. The molecule has 1 saturated heterocycles. The molecule has 39 heavy (non-hydrogen) atoms. The minimum atomic E-state index is -1.24. The van der Waals surface area contributed by atoms with E-state index in [2.05, 4.69) is 10.4 Å². The Balaban J connectivity index is 1.79. The highest BCUT2D eigenvalue weighted by molar-refractivity contribution is 5.96. The molecule has 2 aromatic rings. The van der Waals surface area contributed by atoms with E-state index in [4.69, 9.17) is 9.47 Å². The molecule has 0 radical (unpaired) electrons. The van der Waals surface area contributed by atoms with Gasteiger partial charge in [0, 0.05) is 38.7 Å². The van der Waals surface area contributed by atoms with Gasteiger partial charge in [-0.15, -0.1) is 0 Å². The maximum absolute atomic E-state index is 13.3. The first-order valence-electron chi connectivity index (χ1n) is 12.4. The van der Waals surface area contributed by atoms with Crippen molar-refractivity contribution in [3.63, 3.8) is 0 Å². The second-order valence-electron chi connectivity index (χ2n) is 8.68. The zero-order chi connectivity index (χ0) is 28.5. The average Bonchev–Trinajstić information content (AvgIpc) is 3.35. The minimum absolute atomic E-state index is 0.00949. The van der Waals surface area contributed by atoms with Crippen molar-refractivity contribution in [2.45, 2.75) is 38.8 Å². The molecule has 1 aromatic heterocycles. The third kappa shape index (κ3) is 7.69. The van der Waals surface area contributed by atoms with Crippen LogP contribution in [-0.2, 0) is 19.1 Å². The number of carbonyl (C=O) groups excluding carboxylic acids is 3. The number of carbonyl (C=O) groups is 5. The van der Waals surface area contributed by atoms with Crippen LogP contribution in [-0.4, -0.2) is 105 Å². The predicted molar refractivity (Wildman–Crippen MR) is 135 cm³/mol. The third-order valence-corrected chi connectivity index (χ3v) is 5.92. The molecule has 2 heterocycles. The van der Waals surface area contributed by atoms with Crippen molar-refractivity contribution in [1.29, 1.82) is 0 Å². The van der Waals surface area contributed by atoms with Gasteiger partial charge < -0.3 is 34.8 Å². The van der Waals surface area contributed by atoms with Crippen molar-refractivity contribution in [2.24, 2.45) is 0 Å². The molecule has 2 unspecified atom stereocenters. The zero-order valence-electron chi connectivity index (χ0n) is 21.6. The molecule has 14 heteroatoms. The number of nitrogens with one attached hydrogen (secondary N) is 1. The fourth-order valence-corrected chi connectivity index (χ4v) is 3.85. The molecule has 1 aromatic carbocycles. The van der Waals surface area contributed by atoms with Crippen molar-refractivity contribution < 1.29 is 43.7 Å². The van der Waals surface area contributed by atoms with Gasteiger partial charge in [0.15, 0.2) is 11.8 Å². The van der Waals surface area contributed by atoms with Crippen LogP contribution >= 0.6 is 0 Å². The molecule has 1 aliphatic rings. The van der Waals surface area contributed by atoms with Gasteiger partial charge in [0.25, 0.3) is 5.91 Å². The third-order valence-electron chi connectivity index (χ3n) is 5.92. The number of amides is 3. The Hall–Kier alpha value is -4.62. The van der Waals surface area contributed by atoms with Crippen molar-refractivity contribution in [1.82, 2.24) is 24.9 Å². The van der Waals surface area contributed by atoms with Gasteiger partial charge in [-0.2, -0.15) is 5.10 Å². The molecule has 1 aliphatic heterocycles. The van der Waals surface area contributed by atoms with E-state index in [1.54, 1.807) is 37.3 Å². The van der Waals surface area contributed by atoms with Gasteiger partial charge in [-0.05, 0) is 32.4 Å². The van der Waals surface area contributed by atoms with Crippen LogP contribution < -0.4 is 10.1 Å². The first-order valence-corrected chi connectivity index (χ1v) is 12.4. The van der Waals surface area contributed by atoms with E-state index in [1.165, 1.54) is 27.5 Å². The number of aromatic nitrogens is 2. The van der Waals surface area contributed by atoms with Crippen LogP contribution in [0.2, 0.25) is 0 Å². The number of hydrogen-bond acceptors (Lipinski definition) is 8. The van der Waals surface area contributed by atoms with E-state index < -0.39 is 42.0 Å². The molecule has 1 fully saturated rings. The molecule has 0 aliphatic carbocycles. The summed E-state index contributed by atoms with van der Waals surface area (Å²) in [4.78, 5) is 63.9. The Morgan fingerprint density at radius 3 is 2.26 bits per heavy atom. The first kappa shape index (κ1) is 28.9. The topological polar surface area (TPSA) is 181 Å².